The summed E-state index contributed by atoms with van der Waals surface area (Å²) in [5, 5.41) is 13.5. The fourth-order valence-electron chi connectivity index (χ4n) is 3.39. The van der Waals surface area contributed by atoms with Gasteiger partial charge in [0.15, 0.2) is 11.0 Å². The number of thioether (sulfide) groups is 1. The van der Waals surface area contributed by atoms with Crippen LogP contribution in [-0.4, -0.2) is 37.6 Å². The fraction of sp³-hybridized carbons (Fsp3) is 0.222. The molecule has 1 amide bonds. The molecule has 0 radical (unpaired) electrons. The molecule has 35 heavy (non-hydrogen) atoms. The van der Waals surface area contributed by atoms with Crippen molar-refractivity contribution in [3.8, 4) is 17.1 Å². The van der Waals surface area contributed by atoms with E-state index in [1.165, 1.54) is 17.3 Å². The number of amides is 1. The Morgan fingerprint density at radius 1 is 1.06 bits per heavy atom. The smallest absolute Gasteiger partial charge is 0.250 e. The quantitative estimate of drug-likeness (QED) is 0.222. The summed E-state index contributed by atoms with van der Waals surface area (Å²) in [6, 6.07) is 20.2. The zero-order valence-electron chi connectivity index (χ0n) is 20.3. The Kier molecular flexibility index (Phi) is 7.41. The molecule has 1 N–H and O–H groups in total. The van der Waals surface area contributed by atoms with E-state index in [1.54, 1.807) is 18.6 Å². The first-order valence-electron chi connectivity index (χ1n) is 11.3. The standard InChI is InChI=1S/C27H28N6OS/c1-19-7-13-23(14-8-19)33-25(21-9-11-22(12-10-21)27(2,3)4)31-32-26(33)35-18-24(34)30-29-17-20-6-5-15-28-16-20/h5-17H,18H2,1-4H3,(H,30,34). The highest BCUT2D eigenvalue weighted by molar-refractivity contribution is 7.99. The van der Waals surface area contributed by atoms with Crippen LogP contribution in [0.3, 0.4) is 0 Å². The third-order valence-electron chi connectivity index (χ3n) is 5.35. The number of carbonyl (C=O) groups is 1. The summed E-state index contributed by atoms with van der Waals surface area (Å²) in [4.78, 5) is 16.4. The molecule has 2 heterocycles. The third kappa shape index (κ3) is 6.22. The second kappa shape index (κ2) is 10.7. The minimum Gasteiger partial charge on any atom is -0.272 e. The summed E-state index contributed by atoms with van der Waals surface area (Å²) in [6.07, 6.45) is 4.91. The van der Waals surface area contributed by atoms with E-state index in [2.05, 4.69) is 82.9 Å². The molecule has 2 aromatic carbocycles. The third-order valence-corrected chi connectivity index (χ3v) is 6.28. The predicted molar refractivity (Wildman–Crippen MR) is 141 cm³/mol. The molecule has 7 nitrogen and oxygen atoms in total. The average Bonchev–Trinajstić information content (AvgIpc) is 3.27. The van der Waals surface area contributed by atoms with Gasteiger partial charge < -0.3 is 0 Å². The molecule has 0 saturated carbocycles. The molecule has 0 fully saturated rings. The van der Waals surface area contributed by atoms with Crippen LogP contribution in [0.25, 0.3) is 17.1 Å². The van der Waals surface area contributed by atoms with E-state index >= 15 is 0 Å². The van der Waals surface area contributed by atoms with E-state index in [4.69, 9.17) is 0 Å². The Bertz CT molecular complexity index is 1310. The summed E-state index contributed by atoms with van der Waals surface area (Å²) in [5.41, 5.74) is 7.74. The van der Waals surface area contributed by atoms with Crippen LogP contribution in [-0.2, 0) is 10.2 Å². The van der Waals surface area contributed by atoms with Gasteiger partial charge in [0, 0.05) is 29.2 Å². The Hall–Kier alpha value is -3.78. The lowest BCUT2D eigenvalue weighted by Gasteiger charge is -2.19. The number of aromatic nitrogens is 4. The van der Waals surface area contributed by atoms with Gasteiger partial charge in [-0.3, -0.25) is 14.3 Å². The number of rotatable bonds is 7. The molecule has 0 aliphatic carbocycles. The second-order valence-corrected chi connectivity index (χ2v) is 10.1. The van der Waals surface area contributed by atoms with E-state index in [0.29, 0.717) is 5.16 Å². The molecule has 8 heteroatoms. The van der Waals surface area contributed by atoms with Crippen molar-refractivity contribution < 1.29 is 4.79 Å². The van der Waals surface area contributed by atoms with Gasteiger partial charge in [0.25, 0.3) is 5.91 Å². The normalized spacial score (nSPS) is 11.7. The molecule has 0 spiro atoms. The van der Waals surface area contributed by atoms with Crippen LogP contribution < -0.4 is 5.43 Å². The van der Waals surface area contributed by atoms with E-state index in [9.17, 15) is 4.79 Å². The van der Waals surface area contributed by atoms with Crippen molar-refractivity contribution in [1.29, 1.82) is 0 Å². The van der Waals surface area contributed by atoms with Gasteiger partial charge in [-0.2, -0.15) is 5.10 Å². The summed E-state index contributed by atoms with van der Waals surface area (Å²) < 4.78 is 1.99. The number of benzene rings is 2. The number of nitrogens with one attached hydrogen (secondary N) is 1. The minimum atomic E-state index is -0.232. The number of hydrogen-bond donors (Lipinski definition) is 1. The summed E-state index contributed by atoms with van der Waals surface area (Å²) in [6.45, 7) is 8.63. The lowest BCUT2D eigenvalue weighted by atomic mass is 9.87. The monoisotopic (exact) mass is 484 g/mol. The van der Waals surface area contributed by atoms with Crippen molar-refractivity contribution in [1.82, 2.24) is 25.2 Å². The SMILES string of the molecule is Cc1ccc(-n2c(SCC(=O)NN=Cc3cccnc3)nnc2-c2ccc(C(C)(C)C)cc2)cc1. The zero-order valence-corrected chi connectivity index (χ0v) is 21.1. The molecule has 0 atom stereocenters. The van der Waals surface area contributed by atoms with E-state index in [0.717, 1.165) is 28.2 Å². The maximum atomic E-state index is 12.4. The van der Waals surface area contributed by atoms with E-state index in [1.807, 2.05) is 35.8 Å². The van der Waals surface area contributed by atoms with Gasteiger partial charge in [-0.05, 0) is 36.1 Å². The largest absolute Gasteiger partial charge is 0.272 e. The Morgan fingerprint density at radius 2 is 1.80 bits per heavy atom. The first-order valence-corrected chi connectivity index (χ1v) is 12.3. The highest BCUT2D eigenvalue weighted by atomic mass is 32.2. The lowest BCUT2D eigenvalue weighted by Crippen LogP contribution is -2.20. The number of hydrazone groups is 1. The van der Waals surface area contributed by atoms with Crippen molar-refractivity contribution in [2.45, 2.75) is 38.3 Å². The number of aryl methyl sites for hydroxylation is 1. The molecule has 2 aromatic heterocycles. The highest BCUT2D eigenvalue weighted by Crippen LogP contribution is 2.30. The van der Waals surface area contributed by atoms with Crippen LogP contribution >= 0.6 is 11.8 Å². The van der Waals surface area contributed by atoms with Crippen molar-refractivity contribution in [3.63, 3.8) is 0 Å². The molecule has 178 valence electrons. The van der Waals surface area contributed by atoms with Crippen molar-refractivity contribution >= 4 is 23.9 Å². The van der Waals surface area contributed by atoms with Gasteiger partial charge in [0.05, 0.1) is 12.0 Å². The number of hydrogen-bond acceptors (Lipinski definition) is 6. The molecule has 0 aliphatic rings. The topological polar surface area (TPSA) is 85.1 Å². The van der Waals surface area contributed by atoms with Gasteiger partial charge in [-0.1, -0.05) is 80.6 Å². The predicted octanol–water partition coefficient (Wildman–Crippen LogP) is 5.18. The van der Waals surface area contributed by atoms with Gasteiger partial charge in [-0.25, -0.2) is 5.43 Å². The Balaban J connectivity index is 1.55. The van der Waals surface area contributed by atoms with Gasteiger partial charge in [-0.15, -0.1) is 10.2 Å². The van der Waals surface area contributed by atoms with Crippen LogP contribution in [0.1, 0.15) is 37.5 Å². The highest BCUT2D eigenvalue weighted by Gasteiger charge is 2.19. The fourth-order valence-corrected chi connectivity index (χ4v) is 4.13. The molecule has 0 bridgehead atoms. The second-order valence-electron chi connectivity index (χ2n) is 9.17. The maximum absolute atomic E-state index is 12.4. The summed E-state index contributed by atoms with van der Waals surface area (Å²) >= 11 is 1.31. The number of carbonyl (C=O) groups excluding carboxylic acids is 1. The summed E-state index contributed by atoms with van der Waals surface area (Å²) in [5.74, 6) is 0.647. The molecule has 0 unspecified atom stereocenters. The van der Waals surface area contributed by atoms with Crippen molar-refractivity contribution in [2.75, 3.05) is 5.75 Å². The first-order chi connectivity index (χ1) is 16.8. The van der Waals surface area contributed by atoms with Crippen LogP contribution in [0, 0.1) is 6.92 Å². The summed E-state index contributed by atoms with van der Waals surface area (Å²) in [7, 11) is 0. The molecule has 4 aromatic rings. The lowest BCUT2D eigenvalue weighted by molar-refractivity contribution is -0.118. The molecular formula is C27H28N6OS. The van der Waals surface area contributed by atoms with Gasteiger partial charge >= 0.3 is 0 Å². The number of pyridine rings is 1. The Morgan fingerprint density at radius 3 is 2.46 bits per heavy atom. The van der Waals surface area contributed by atoms with Gasteiger partial charge in [0.2, 0.25) is 0 Å². The van der Waals surface area contributed by atoms with E-state index in [-0.39, 0.29) is 17.1 Å². The first kappa shape index (κ1) is 24.3. The average molecular weight is 485 g/mol. The Labute approximate surface area is 209 Å². The molecule has 0 saturated heterocycles. The van der Waals surface area contributed by atoms with Gasteiger partial charge in [0.1, 0.15) is 0 Å². The number of nitrogens with zero attached hydrogens (tertiary/aromatic N) is 5. The maximum Gasteiger partial charge on any atom is 0.250 e. The minimum absolute atomic E-state index is 0.0665. The zero-order chi connectivity index (χ0) is 24.8. The van der Waals surface area contributed by atoms with Crippen LogP contribution in [0.2, 0.25) is 0 Å². The molecule has 0 aliphatic heterocycles. The van der Waals surface area contributed by atoms with Crippen molar-refractivity contribution in [2.24, 2.45) is 5.10 Å². The van der Waals surface area contributed by atoms with E-state index < -0.39 is 0 Å². The molecule has 4 rings (SSSR count). The van der Waals surface area contributed by atoms with Crippen LogP contribution in [0.5, 0.6) is 0 Å². The van der Waals surface area contributed by atoms with Crippen molar-refractivity contribution in [3.05, 3.63) is 89.7 Å². The van der Waals surface area contributed by atoms with Crippen LogP contribution in [0.4, 0.5) is 0 Å². The van der Waals surface area contributed by atoms with Crippen LogP contribution in [0.15, 0.2) is 83.3 Å². The molecular weight excluding hydrogens is 456 g/mol.